The summed E-state index contributed by atoms with van der Waals surface area (Å²) < 4.78 is 12.2. The summed E-state index contributed by atoms with van der Waals surface area (Å²) >= 11 is 0. The zero-order valence-electron chi connectivity index (χ0n) is 23.9. The van der Waals surface area contributed by atoms with Crippen molar-refractivity contribution in [2.45, 2.75) is 64.3 Å². The van der Waals surface area contributed by atoms with E-state index in [1.54, 1.807) is 4.90 Å². The van der Waals surface area contributed by atoms with Crippen molar-refractivity contribution in [3.8, 4) is 0 Å². The minimum Gasteiger partial charge on any atom is -0.465 e. The van der Waals surface area contributed by atoms with Crippen LogP contribution in [0.1, 0.15) is 40.5 Å². The number of cyclic esters (lactones) is 1. The van der Waals surface area contributed by atoms with Crippen LogP contribution in [0.4, 0.5) is 11.4 Å². The van der Waals surface area contributed by atoms with Crippen molar-refractivity contribution in [1.29, 1.82) is 0 Å². The molecular formula is C31H41N3O6. The maximum absolute atomic E-state index is 14.6. The van der Waals surface area contributed by atoms with E-state index in [4.69, 9.17) is 9.47 Å². The highest BCUT2D eigenvalue weighted by atomic mass is 16.6. The molecule has 9 nitrogen and oxygen atoms in total. The molecule has 6 atom stereocenters. The summed E-state index contributed by atoms with van der Waals surface area (Å²) in [6, 6.07) is 6.20. The first-order valence-electron chi connectivity index (χ1n) is 14.6. The molecule has 0 aliphatic carbocycles. The van der Waals surface area contributed by atoms with Gasteiger partial charge in [-0.2, -0.15) is 0 Å². The highest BCUT2D eigenvalue weighted by molar-refractivity contribution is 6.05. The number of likely N-dealkylation sites (tertiary alicyclic amines) is 1. The topological polar surface area (TPSA) is 99.6 Å². The Hall–Kier alpha value is -3.17. The van der Waals surface area contributed by atoms with Gasteiger partial charge in [0.15, 0.2) is 0 Å². The van der Waals surface area contributed by atoms with Crippen molar-refractivity contribution in [3.05, 3.63) is 48.6 Å². The fraction of sp³-hybridized carbons (Fsp3) is 0.581. The molecule has 2 amide bonds. The van der Waals surface area contributed by atoms with Crippen molar-refractivity contribution in [2.75, 3.05) is 42.6 Å². The van der Waals surface area contributed by atoms with E-state index in [1.165, 1.54) is 4.90 Å². The van der Waals surface area contributed by atoms with Gasteiger partial charge in [-0.25, -0.2) is 0 Å². The summed E-state index contributed by atoms with van der Waals surface area (Å²) in [5.41, 5.74) is 0.422. The molecule has 1 aromatic rings. The number of esters is 1. The van der Waals surface area contributed by atoms with Gasteiger partial charge in [0.1, 0.15) is 17.6 Å². The maximum atomic E-state index is 14.6. The Kier molecular flexibility index (Phi) is 8.06. The quantitative estimate of drug-likeness (QED) is 0.411. The smallest absolute Gasteiger partial charge is 0.312 e. The molecule has 216 valence electrons. The maximum Gasteiger partial charge on any atom is 0.312 e. The third kappa shape index (κ3) is 4.53. The van der Waals surface area contributed by atoms with Crippen molar-refractivity contribution in [1.82, 2.24) is 4.90 Å². The van der Waals surface area contributed by atoms with Crippen LogP contribution in [0.3, 0.4) is 0 Å². The number of carbonyl (C=O) groups is 3. The summed E-state index contributed by atoms with van der Waals surface area (Å²) in [6.07, 6.45) is 8.23. The van der Waals surface area contributed by atoms with Gasteiger partial charge in [0, 0.05) is 31.0 Å². The standard InChI is InChI=1S/C31H41N3O6/c1-5-32(6-2)21-12-14-22(15-13-21)33-17-10-16-31-26(25-24(40-31)11-8-7-9-18-39-30(25)38)28(36)34(27(31)29(33)37)23(19-35)20(3)4/h8,10-16,20,23-27,35H,5-7,9,17-19H2,1-4H3/b11-8-/t23-,24-,25+,26-,27?,31-/m0/s1. The lowest BCUT2D eigenvalue weighted by molar-refractivity contribution is -0.155. The molecule has 1 unspecified atom stereocenters. The number of nitrogens with zero attached hydrogens (tertiary/aromatic N) is 3. The zero-order valence-corrected chi connectivity index (χ0v) is 23.9. The average Bonchev–Trinajstić information content (AvgIpc) is 3.35. The molecular weight excluding hydrogens is 510 g/mol. The third-order valence-electron chi connectivity index (χ3n) is 8.89. The number of hydrogen-bond donors (Lipinski definition) is 1. The Bertz CT molecular complexity index is 1180. The molecule has 1 N–H and O–H groups in total. The Balaban J connectivity index is 1.59. The molecule has 5 rings (SSSR count). The second kappa shape index (κ2) is 11.4. The summed E-state index contributed by atoms with van der Waals surface area (Å²) in [6.45, 7) is 10.0. The first kappa shape index (κ1) is 28.4. The second-order valence-corrected chi connectivity index (χ2v) is 11.4. The van der Waals surface area contributed by atoms with Gasteiger partial charge in [-0.05, 0) is 56.9 Å². The molecule has 1 aromatic carbocycles. The normalized spacial score (nSPS) is 31.5. The molecule has 2 saturated heterocycles. The van der Waals surface area contributed by atoms with E-state index in [1.807, 2.05) is 62.4 Å². The number of amides is 2. The van der Waals surface area contributed by atoms with Crippen LogP contribution in [0, 0.1) is 17.8 Å². The number of carbonyl (C=O) groups excluding carboxylic acids is 3. The molecule has 2 fully saturated rings. The lowest BCUT2D eigenvalue weighted by Crippen LogP contribution is -2.59. The van der Waals surface area contributed by atoms with Crippen molar-refractivity contribution >= 4 is 29.2 Å². The molecule has 40 heavy (non-hydrogen) atoms. The van der Waals surface area contributed by atoms with Crippen LogP contribution < -0.4 is 9.80 Å². The van der Waals surface area contributed by atoms with Crippen LogP contribution in [-0.2, 0) is 23.9 Å². The number of ether oxygens (including phenoxy) is 2. The summed E-state index contributed by atoms with van der Waals surface area (Å²) in [5.74, 6) is -3.07. The highest BCUT2D eigenvalue weighted by Crippen LogP contribution is 2.54. The van der Waals surface area contributed by atoms with Crippen molar-refractivity contribution in [3.63, 3.8) is 0 Å². The van der Waals surface area contributed by atoms with E-state index in [-0.39, 0.29) is 30.9 Å². The molecule has 4 heterocycles. The van der Waals surface area contributed by atoms with Gasteiger partial charge < -0.3 is 29.3 Å². The van der Waals surface area contributed by atoms with Crippen LogP contribution in [0.5, 0.6) is 0 Å². The number of hydrogen-bond acceptors (Lipinski definition) is 7. The molecule has 0 saturated carbocycles. The second-order valence-electron chi connectivity index (χ2n) is 11.4. The van der Waals surface area contributed by atoms with Crippen LogP contribution in [0.15, 0.2) is 48.6 Å². The van der Waals surface area contributed by atoms with E-state index in [2.05, 4.69) is 18.7 Å². The molecule has 0 bridgehead atoms. The number of aliphatic hydroxyl groups is 1. The largest absolute Gasteiger partial charge is 0.465 e. The van der Waals surface area contributed by atoms with E-state index >= 15 is 0 Å². The zero-order chi connectivity index (χ0) is 28.6. The first-order chi connectivity index (χ1) is 19.3. The van der Waals surface area contributed by atoms with Gasteiger partial charge in [-0.15, -0.1) is 0 Å². The fourth-order valence-corrected chi connectivity index (χ4v) is 6.83. The molecule has 9 heteroatoms. The number of anilines is 2. The Morgan fingerprint density at radius 1 is 1.07 bits per heavy atom. The highest BCUT2D eigenvalue weighted by Gasteiger charge is 2.72. The minimum atomic E-state index is -1.36. The molecule has 4 aliphatic rings. The lowest BCUT2D eigenvalue weighted by Gasteiger charge is -2.39. The molecule has 0 radical (unpaired) electrons. The average molecular weight is 552 g/mol. The van der Waals surface area contributed by atoms with Gasteiger partial charge in [-0.3, -0.25) is 14.4 Å². The van der Waals surface area contributed by atoms with E-state index in [0.717, 1.165) is 25.2 Å². The minimum absolute atomic E-state index is 0.130. The monoisotopic (exact) mass is 551 g/mol. The number of benzene rings is 1. The fourth-order valence-electron chi connectivity index (χ4n) is 6.83. The summed E-state index contributed by atoms with van der Waals surface area (Å²) in [4.78, 5) is 47.6. The summed E-state index contributed by atoms with van der Waals surface area (Å²) in [7, 11) is 0. The predicted molar refractivity (Wildman–Crippen MR) is 152 cm³/mol. The van der Waals surface area contributed by atoms with E-state index < -0.39 is 41.6 Å². The molecule has 0 aromatic heterocycles. The van der Waals surface area contributed by atoms with Crippen LogP contribution in [-0.4, -0.2) is 84.4 Å². The number of aliphatic hydroxyl groups excluding tert-OH is 1. The van der Waals surface area contributed by atoms with Gasteiger partial charge in [0.05, 0.1) is 31.3 Å². The van der Waals surface area contributed by atoms with Gasteiger partial charge in [0.25, 0.3) is 5.91 Å². The molecule has 1 spiro atoms. The molecule has 4 aliphatic heterocycles. The van der Waals surface area contributed by atoms with Crippen LogP contribution in [0.25, 0.3) is 0 Å². The third-order valence-corrected chi connectivity index (χ3v) is 8.89. The SMILES string of the molecule is CCN(CC)c1ccc(N2CC=C[C@]34O[C@H]5/C=C\CCCOC(=O)[C@H]5[C@H]3C(=O)N([C@@H](CO)C(C)C)C4C2=O)cc1. The number of allylic oxidation sites excluding steroid dienone is 1. The van der Waals surface area contributed by atoms with E-state index in [9.17, 15) is 19.5 Å². The van der Waals surface area contributed by atoms with E-state index in [0.29, 0.717) is 18.7 Å². The van der Waals surface area contributed by atoms with Crippen molar-refractivity contribution < 1.29 is 29.0 Å². The summed E-state index contributed by atoms with van der Waals surface area (Å²) in [5, 5.41) is 10.4. The Morgan fingerprint density at radius 2 is 1.80 bits per heavy atom. The first-order valence-corrected chi connectivity index (χ1v) is 14.6. The Morgan fingerprint density at radius 3 is 2.45 bits per heavy atom. The van der Waals surface area contributed by atoms with Gasteiger partial charge in [0.2, 0.25) is 5.91 Å². The van der Waals surface area contributed by atoms with Gasteiger partial charge >= 0.3 is 5.97 Å². The Labute approximate surface area is 236 Å². The predicted octanol–water partition coefficient (Wildman–Crippen LogP) is 2.93. The van der Waals surface area contributed by atoms with Gasteiger partial charge in [-0.1, -0.05) is 38.2 Å². The number of rotatable bonds is 7. The van der Waals surface area contributed by atoms with Crippen molar-refractivity contribution in [2.24, 2.45) is 17.8 Å². The van der Waals surface area contributed by atoms with Crippen LogP contribution >= 0.6 is 0 Å². The lowest BCUT2D eigenvalue weighted by atomic mass is 9.78. The van der Waals surface area contributed by atoms with Crippen LogP contribution in [0.2, 0.25) is 0 Å². The number of fused-ring (bicyclic) bond motifs is 2.